The van der Waals surface area contributed by atoms with Gasteiger partial charge in [-0.25, -0.2) is 0 Å². The van der Waals surface area contributed by atoms with Gasteiger partial charge < -0.3 is 10.6 Å². The van der Waals surface area contributed by atoms with E-state index < -0.39 is 0 Å². The summed E-state index contributed by atoms with van der Waals surface area (Å²) in [6.07, 6.45) is 1.98. The summed E-state index contributed by atoms with van der Waals surface area (Å²) in [5, 5.41) is 6.20. The number of carbonyl (C=O) groups is 1. The summed E-state index contributed by atoms with van der Waals surface area (Å²) in [6.45, 7) is 5.68. The van der Waals surface area contributed by atoms with Crippen LogP contribution in [0.5, 0.6) is 0 Å². The summed E-state index contributed by atoms with van der Waals surface area (Å²) >= 11 is 1.59. The minimum absolute atomic E-state index is 0. The predicted octanol–water partition coefficient (Wildman–Crippen LogP) is 2.56. The first-order valence-corrected chi connectivity index (χ1v) is 7.06. The van der Waals surface area contributed by atoms with Gasteiger partial charge in [0.1, 0.15) is 0 Å². The van der Waals surface area contributed by atoms with Crippen LogP contribution in [-0.2, 0) is 0 Å². The zero-order valence-corrected chi connectivity index (χ0v) is 12.7. The first kappa shape index (κ1) is 17.3. The van der Waals surface area contributed by atoms with Crippen molar-refractivity contribution in [2.24, 2.45) is 0 Å². The third kappa shape index (κ3) is 5.29. The molecule has 102 valence electrons. The fraction of sp³-hybridized carbons (Fsp3) is 0.462. The molecule has 5 heteroatoms. The molecule has 0 saturated carbocycles. The summed E-state index contributed by atoms with van der Waals surface area (Å²) in [5.74, 6) is -0.000275. The van der Waals surface area contributed by atoms with Gasteiger partial charge in [0.05, 0.1) is 5.56 Å². The predicted molar refractivity (Wildman–Crippen MR) is 80.9 cm³/mol. The van der Waals surface area contributed by atoms with E-state index in [0.29, 0.717) is 12.6 Å². The van der Waals surface area contributed by atoms with Gasteiger partial charge in [0.2, 0.25) is 0 Å². The van der Waals surface area contributed by atoms with E-state index in [2.05, 4.69) is 24.5 Å². The van der Waals surface area contributed by atoms with Crippen LogP contribution in [0.25, 0.3) is 0 Å². The second-order valence-corrected chi connectivity index (χ2v) is 4.72. The van der Waals surface area contributed by atoms with Crippen molar-refractivity contribution in [3.05, 3.63) is 29.8 Å². The van der Waals surface area contributed by atoms with Gasteiger partial charge in [0, 0.05) is 17.5 Å². The van der Waals surface area contributed by atoms with Gasteiger partial charge >= 0.3 is 0 Å². The van der Waals surface area contributed by atoms with Gasteiger partial charge in [-0.2, -0.15) is 0 Å². The summed E-state index contributed by atoms with van der Waals surface area (Å²) < 4.78 is 0. The molecule has 0 spiro atoms. The van der Waals surface area contributed by atoms with Crippen molar-refractivity contribution in [3.8, 4) is 0 Å². The number of rotatable bonds is 6. The highest BCUT2D eigenvalue weighted by atomic mass is 35.5. The van der Waals surface area contributed by atoms with Crippen molar-refractivity contribution in [3.63, 3.8) is 0 Å². The van der Waals surface area contributed by atoms with Gasteiger partial charge in [-0.1, -0.05) is 19.1 Å². The maximum absolute atomic E-state index is 12.0. The molecule has 1 rings (SSSR count). The molecule has 0 unspecified atom stereocenters. The maximum Gasteiger partial charge on any atom is 0.252 e. The Morgan fingerprint density at radius 1 is 1.39 bits per heavy atom. The Kier molecular flexibility index (Phi) is 8.89. The van der Waals surface area contributed by atoms with E-state index in [9.17, 15) is 4.79 Å². The number of carbonyl (C=O) groups excluding carboxylic acids is 1. The summed E-state index contributed by atoms with van der Waals surface area (Å²) in [4.78, 5) is 13.0. The molecule has 18 heavy (non-hydrogen) atoms. The van der Waals surface area contributed by atoms with Crippen LogP contribution in [-0.4, -0.2) is 31.3 Å². The molecule has 1 aromatic carbocycles. The summed E-state index contributed by atoms with van der Waals surface area (Å²) in [5.41, 5.74) is 0.753. The lowest BCUT2D eigenvalue weighted by molar-refractivity contribution is 0.0947. The molecule has 0 heterocycles. The normalized spacial score (nSPS) is 11.5. The molecular weight excluding hydrogens is 268 g/mol. The van der Waals surface area contributed by atoms with Crippen molar-refractivity contribution in [1.82, 2.24) is 10.6 Å². The van der Waals surface area contributed by atoms with Gasteiger partial charge in [0.25, 0.3) is 5.91 Å². The van der Waals surface area contributed by atoms with Crippen molar-refractivity contribution < 1.29 is 4.79 Å². The Hall–Kier alpha value is -0.710. The zero-order chi connectivity index (χ0) is 12.7. The monoisotopic (exact) mass is 288 g/mol. The molecule has 0 saturated heterocycles. The van der Waals surface area contributed by atoms with Gasteiger partial charge in [-0.05, 0) is 31.9 Å². The van der Waals surface area contributed by atoms with E-state index in [1.54, 1.807) is 11.8 Å². The van der Waals surface area contributed by atoms with E-state index in [1.165, 1.54) is 0 Å². The highest BCUT2D eigenvalue weighted by molar-refractivity contribution is 7.98. The fourth-order valence-corrected chi connectivity index (χ4v) is 2.19. The van der Waals surface area contributed by atoms with E-state index in [1.807, 2.05) is 30.5 Å². The number of thioether (sulfide) groups is 1. The number of likely N-dealkylation sites (N-methyl/N-ethyl adjacent to an activating group) is 1. The smallest absolute Gasteiger partial charge is 0.252 e. The average molecular weight is 289 g/mol. The van der Waals surface area contributed by atoms with Crippen LogP contribution in [0.15, 0.2) is 29.2 Å². The van der Waals surface area contributed by atoms with Crippen LogP contribution in [0.3, 0.4) is 0 Å². The molecule has 1 atom stereocenters. The Bertz CT molecular complexity index is 374. The molecule has 0 radical (unpaired) electrons. The first-order chi connectivity index (χ1) is 8.19. The molecule has 0 aliphatic heterocycles. The van der Waals surface area contributed by atoms with E-state index in [0.717, 1.165) is 17.0 Å². The molecule has 0 aromatic heterocycles. The van der Waals surface area contributed by atoms with E-state index >= 15 is 0 Å². The lowest BCUT2D eigenvalue weighted by Gasteiger charge is -2.14. The highest BCUT2D eigenvalue weighted by Crippen LogP contribution is 2.19. The fourth-order valence-electron chi connectivity index (χ4n) is 1.59. The molecule has 1 aromatic rings. The zero-order valence-electron chi connectivity index (χ0n) is 11.0. The summed E-state index contributed by atoms with van der Waals surface area (Å²) in [7, 11) is 0. The number of hydrogen-bond acceptors (Lipinski definition) is 3. The minimum atomic E-state index is -0.000275. The van der Waals surface area contributed by atoms with Crippen molar-refractivity contribution in [1.29, 1.82) is 0 Å². The standard InChI is InChI=1S/C13H20N2OS.ClH/c1-4-14-10(2)9-15-13(16)11-7-5-6-8-12(11)17-3;/h5-8,10,14H,4,9H2,1-3H3,(H,15,16);1H/t10-;/m1./s1. The second kappa shape index (κ2) is 9.25. The van der Waals surface area contributed by atoms with Crippen LogP contribution < -0.4 is 10.6 Å². The number of nitrogens with one attached hydrogen (secondary N) is 2. The van der Waals surface area contributed by atoms with Gasteiger partial charge in [-0.3, -0.25) is 4.79 Å². The molecule has 0 fully saturated rings. The third-order valence-electron chi connectivity index (χ3n) is 2.47. The number of hydrogen-bond donors (Lipinski definition) is 2. The largest absolute Gasteiger partial charge is 0.350 e. The van der Waals surface area contributed by atoms with Crippen LogP contribution in [0, 0.1) is 0 Å². The number of amides is 1. The molecule has 0 bridgehead atoms. The van der Waals surface area contributed by atoms with Crippen LogP contribution >= 0.6 is 24.2 Å². The summed E-state index contributed by atoms with van der Waals surface area (Å²) in [6, 6.07) is 7.96. The third-order valence-corrected chi connectivity index (χ3v) is 3.27. The Labute approximate surface area is 120 Å². The van der Waals surface area contributed by atoms with E-state index in [4.69, 9.17) is 0 Å². The highest BCUT2D eigenvalue weighted by Gasteiger charge is 2.10. The average Bonchev–Trinajstić information content (AvgIpc) is 2.36. The Morgan fingerprint density at radius 3 is 2.67 bits per heavy atom. The molecule has 0 aliphatic carbocycles. The number of halogens is 1. The van der Waals surface area contributed by atoms with Crippen molar-refractivity contribution in [2.45, 2.75) is 24.8 Å². The SMILES string of the molecule is CCN[C@H](C)CNC(=O)c1ccccc1SC.Cl. The van der Waals surface area contributed by atoms with Crippen LogP contribution in [0.2, 0.25) is 0 Å². The maximum atomic E-state index is 12.0. The lowest BCUT2D eigenvalue weighted by Crippen LogP contribution is -2.38. The molecule has 1 amide bonds. The minimum Gasteiger partial charge on any atom is -0.350 e. The van der Waals surface area contributed by atoms with E-state index in [-0.39, 0.29) is 18.3 Å². The van der Waals surface area contributed by atoms with Crippen molar-refractivity contribution >= 4 is 30.1 Å². The Balaban J connectivity index is 0.00000289. The molecule has 0 aliphatic rings. The van der Waals surface area contributed by atoms with Crippen LogP contribution in [0.1, 0.15) is 24.2 Å². The second-order valence-electron chi connectivity index (χ2n) is 3.87. The lowest BCUT2D eigenvalue weighted by atomic mass is 10.2. The Morgan fingerprint density at radius 2 is 2.06 bits per heavy atom. The van der Waals surface area contributed by atoms with Crippen LogP contribution in [0.4, 0.5) is 0 Å². The molecule has 3 nitrogen and oxygen atoms in total. The van der Waals surface area contributed by atoms with Gasteiger partial charge in [-0.15, -0.1) is 24.2 Å². The quantitative estimate of drug-likeness (QED) is 0.791. The van der Waals surface area contributed by atoms with Crippen molar-refractivity contribution in [2.75, 3.05) is 19.3 Å². The first-order valence-electron chi connectivity index (χ1n) is 5.83. The number of benzene rings is 1. The van der Waals surface area contributed by atoms with Gasteiger partial charge in [0.15, 0.2) is 0 Å². The molecular formula is C13H21ClN2OS. The topological polar surface area (TPSA) is 41.1 Å². The molecule has 2 N–H and O–H groups in total.